The van der Waals surface area contributed by atoms with E-state index in [0.29, 0.717) is 22.6 Å². The maximum Gasteiger partial charge on any atom is 0.411 e. The molecule has 9 heteroatoms. The van der Waals surface area contributed by atoms with Crippen LogP contribution in [0.15, 0.2) is 53.7 Å². The molecule has 2 heterocycles. The Kier molecular flexibility index (Phi) is 5.30. The molecule has 8 nitrogen and oxygen atoms in total. The van der Waals surface area contributed by atoms with Crippen LogP contribution in [0.25, 0.3) is 5.69 Å². The molecule has 3 rings (SSSR count). The Morgan fingerprint density at radius 1 is 1.33 bits per heavy atom. The summed E-state index contributed by atoms with van der Waals surface area (Å²) in [5.74, 6) is 0. The Balaban J connectivity index is 1.90. The first-order valence-electron chi connectivity index (χ1n) is 8.21. The van der Waals surface area contributed by atoms with Crippen molar-refractivity contribution in [3.05, 3.63) is 70.4 Å². The van der Waals surface area contributed by atoms with Gasteiger partial charge < -0.3 is 5.11 Å². The number of alkyl halides is 1. The van der Waals surface area contributed by atoms with Gasteiger partial charge in [0.2, 0.25) is 5.43 Å². The Hall–Kier alpha value is -3.49. The van der Waals surface area contributed by atoms with Crippen molar-refractivity contribution in [2.75, 3.05) is 18.1 Å². The van der Waals surface area contributed by atoms with Gasteiger partial charge >= 0.3 is 6.09 Å². The Labute approximate surface area is 154 Å². The maximum absolute atomic E-state index is 12.6. The Morgan fingerprint density at radius 2 is 2.15 bits per heavy atom. The van der Waals surface area contributed by atoms with E-state index < -0.39 is 12.8 Å². The lowest BCUT2D eigenvalue weighted by Crippen LogP contribution is -2.31. The van der Waals surface area contributed by atoms with E-state index in [2.05, 4.69) is 10.2 Å². The summed E-state index contributed by atoms with van der Waals surface area (Å²) in [5, 5.41) is 17.7. The van der Waals surface area contributed by atoms with Crippen LogP contribution in [0.5, 0.6) is 0 Å². The van der Waals surface area contributed by atoms with Crippen molar-refractivity contribution in [2.24, 2.45) is 7.05 Å². The number of rotatable bonds is 6. The van der Waals surface area contributed by atoms with E-state index >= 15 is 0 Å². The minimum Gasteiger partial charge on any atom is -0.465 e. The molecule has 0 spiro atoms. The first-order valence-corrected chi connectivity index (χ1v) is 8.21. The predicted octanol–water partition coefficient (Wildman–Crippen LogP) is 2.01. The number of aromatic nitrogens is 4. The van der Waals surface area contributed by atoms with Crippen molar-refractivity contribution in [2.45, 2.75) is 6.42 Å². The lowest BCUT2D eigenvalue weighted by Gasteiger charge is -2.18. The first kappa shape index (κ1) is 18.3. The molecule has 0 saturated carbocycles. The zero-order valence-corrected chi connectivity index (χ0v) is 14.6. The third-order valence-corrected chi connectivity index (χ3v) is 3.97. The molecule has 0 aliphatic rings. The van der Waals surface area contributed by atoms with Gasteiger partial charge in [-0.25, -0.2) is 13.9 Å². The van der Waals surface area contributed by atoms with Crippen molar-refractivity contribution in [3.63, 3.8) is 0 Å². The van der Waals surface area contributed by atoms with Crippen LogP contribution >= 0.6 is 0 Å². The topological polar surface area (TPSA) is 93.2 Å². The van der Waals surface area contributed by atoms with Crippen LogP contribution in [0.3, 0.4) is 0 Å². The van der Waals surface area contributed by atoms with Crippen molar-refractivity contribution in [3.8, 4) is 5.69 Å². The molecule has 0 bridgehead atoms. The molecule has 3 aromatic rings. The van der Waals surface area contributed by atoms with Gasteiger partial charge in [-0.1, -0.05) is 12.1 Å². The van der Waals surface area contributed by atoms with Crippen LogP contribution in [-0.2, 0) is 13.5 Å². The Morgan fingerprint density at radius 3 is 2.81 bits per heavy atom. The molecule has 1 N–H and O–H groups in total. The predicted molar refractivity (Wildman–Crippen MR) is 97.2 cm³/mol. The van der Waals surface area contributed by atoms with Gasteiger partial charge in [0.15, 0.2) is 0 Å². The van der Waals surface area contributed by atoms with Crippen LogP contribution in [-0.4, -0.2) is 44.0 Å². The highest BCUT2D eigenvalue weighted by Gasteiger charge is 2.15. The molecule has 0 fully saturated rings. The van der Waals surface area contributed by atoms with Crippen LogP contribution in [0.4, 0.5) is 14.9 Å². The summed E-state index contributed by atoms with van der Waals surface area (Å²) in [6.45, 7) is -1.04. The maximum atomic E-state index is 12.6. The molecular formula is C18H18FN5O3. The number of benzene rings is 1. The molecule has 0 unspecified atom stereocenters. The number of hydrogen-bond acceptors (Lipinski definition) is 4. The number of amides is 1. The van der Waals surface area contributed by atoms with E-state index in [1.165, 1.54) is 6.07 Å². The highest BCUT2D eigenvalue weighted by molar-refractivity contribution is 5.86. The lowest BCUT2D eigenvalue weighted by molar-refractivity contribution is 0.201. The number of aryl methyl sites for hydroxylation is 1. The lowest BCUT2D eigenvalue weighted by atomic mass is 10.1. The summed E-state index contributed by atoms with van der Waals surface area (Å²) in [5.41, 5.74) is 1.85. The van der Waals surface area contributed by atoms with Gasteiger partial charge in [0.05, 0.1) is 18.9 Å². The standard InChI is InChI=1S/C18H18FN5O3/c1-22-12-15(11-20-22)24-7-5-17(25)16(21-24)10-13-3-2-4-14(9-13)23(8-6-19)18(26)27/h2-5,7,9,11-12H,6,8,10H2,1H3,(H,26,27). The monoisotopic (exact) mass is 371 g/mol. The zero-order valence-electron chi connectivity index (χ0n) is 14.6. The highest BCUT2D eigenvalue weighted by Crippen LogP contribution is 2.18. The summed E-state index contributed by atoms with van der Waals surface area (Å²) < 4.78 is 15.8. The number of carboxylic acid groups (broad SMARTS) is 1. The number of halogens is 1. The van der Waals surface area contributed by atoms with Crippen LogP contribution < -0.4 is 10.3 Å². The van der Waals surface area contributed by atoms with Crippen molar-refractivity contribution in [1.82, 2.24) is 19.6 Å². The van der Waals surface area contributed by atoms with E-state index in [9.17, 15) is 19.1 Å². The van der Waals surface area contributed by atoms with E-state index in [-0.39, 0.29) is 18.4 Å². The number of nitrogens with zero attached hydrogens (tertiary/aromatic N) is 5. The number of carbonyl (C=O) groups is 1. The van der Waals surface area contributed by atoms with E-state index in [0.717, 1.165) is 4.90 Å². The van der Waals surface area contributed by atoms with Gasteiger partial charge in [0.1, 0.15) is 18.1 Å². The van der Waals surface area contributed by atoms with Gasteiger partial charge in [-0.05, 0) is 17.7 Å². The van der Waals surface area contributed by atoms with Gasteiger partial charge in [-0.2, -0.15) is 10.2 Å². The fourth-order valence-electron chi connectivity index (χ4n) is 2.69. The van der Waals surface area contributed by atoms with Crippen molar-refractivity contribution < 1.29 is 14.3 Å². The summed E-state index contributed by atoms with van der Waals surface area (Å²) in [7, 11) is 1.78. The summed E-state index contributed by atoms with van der Waals surface area (Å²) in [6.07, 6.45) is 3.94. The van der Waals surface area contributed by atoms with E-state index in [1.54, 1.807) is 59.3 Å². The fourth-order valence-corrected chi connectivity index (χ4v) is 2.69. The molecular weight excluding hydrogens is 353 g/mol. The molecule has 0 aliphatic carbocycles. The minimum absolute atomic E-state index is 0.219. The van der Waals surface area contributed by atoms with Gasteiger partial charge in [-0.3, -0.25) is 14.4 Å². The third-order valence-electron chi connectivity index (χ3n) is 3.97. The first-order chi connectivity index (χ1) is 13.0. The molecule has 0 aliphatic heterocycles. The minimum atomic E-state index is -1.23. The molecule has 1 aromatic carbocycles. The van der Waals surface area contributed by atoms with Gasteiger partial charge in [0.25, 0.3) is 0 Å². The largest absolute Gasteiger partial charge is 0.465 e. The van der Waals surface area contributed by atoms with Crippen LogP contribution in [0.2, 0.25) is 0 Å². The quantitative estimate of drug-likeness (QED) is 0.715. The van der Waals surface area contributed by atoms with E-state index in [1.807, 2.05) is 0 Å². The molecule has 140 valence electrons. The van der Waals surface area contributed by atoms with Crippen molar-refractivity contribution >= 4 is 11.8 Å². The molecule has 1 amide bonds. The second-order valence-corrected chi connectivity index (χ2v) is 5.91. The van der Waals surface area contributed by atoms with Crippen LogP contribution in [0.1, 0.15) is 11.3 Å². The fraction of sp³-hybridized carbons (Fsp3) is 0.222. The average Bonchev–Trinajstić information content (AvgIpc) is 3.08. The third kappa shape index (κ3) is 4.20. The number of hydrogen-bond donors (Lipinski definition) is 1. The van der Waals surface area contributed by atoms with Crippen molar-refractivity contribution in [1.29, 1.82) is 0 Å². The summed E-state index contributed by atoms with van der Waals surface area (Å²) in [4.78, 5) is 24.4. The molecule has 0 saturated heterocycles. The van der Waals surface area contributed by atoms with Gasteiger partial charge in [-0.15, -0.1) is 0 Å². The van der Waals surface area contributed by atoms with Crippen LogP contribution in [0, 0.1) is 0 Å². The molecule has 0 atom stereocenters. The summed E-state index contributed by atoms with van der Waals surface area (Å²) in [6, 6.07) is 8.06. The second kappa shape index (κ2) is 7.81. The highest BCUT2D eigenvalue weighted by atomic mass is 19.1. The Bertz CT molecular complexity index is 1010. The molecule has 0 radical (unpaired) electrons. The SMILES string of the molecule is Cn1cc(-n2ccc(=O)c(Cc3cccc(N(CCF)C(=O)O)c3)n2)cn1. The van der Waals surface area contributed by atoms with Gasteiger partial charge in [0, 0.05) is 31.4 Å². The molecule has 27 heavy (non-hydrogen) atoms. The van der Waals surface area contributed by atoms with E-state index in [4.69, 9.17) is 0 Å². The molecule has 2 aromatic heterocycles. The smallest absolute Gasteiger partial charge is 0.411 e. The second-order valence-electron chi connectivity index (χ2n) is 5.91. The normalized spacial score (nSPS) is 10.7. The zero-order chi connectivity index (χ0) is 19.4. The summed E-state index contributed by atoms with van der Waals surface area (Å²) >= 11 is 0. The average molecular weight is 371 g/mol. The number of anilines is 1.